The van der Waals surface area contributed by atoms with Gasteiger partial charge in [0.15, 0.2) is 0 Å². The van der Waals surface area contributed by atoms with Gasteiger partial charge in [-0.25, -0.2) is 4.79 Å². The zero-order valence-corrected chi connectivity index (χ0v) is 16.5. The van der Waals surface area contributed by atoms with Crippen LogP contribution >= 0.6 is 0 Å². The second-order valence-corrected chi connectivity index (χ2v) is 8.78. The summed E-state index contributed by atoms with van der Waals surface area (Å²) in [4.78, 5) is 35.6. The molecule has 0 N–H and O–H groups in total. The van der Waals surface area contributed by atoms with Crippen LogP contribution in [0.1, 0.15) is 36.9 Å². The number of amides is 2. The lowest BCUT2D eigenvalue weighted by atomic mass is 9.83. The summed E-state index contributed by atoms with van der Waals surface area (Å²) in [6.07, 6.45) is 5.33. The number of carbonyl (C=O) groups excluding carboxylic acids is 2. The van der Waals surface area contributed by atoms with Gasteiger partial charge in [-0.2, -0.15) is 0 Å². The van der Waals surface area contributed by atoms with Crippen molar-refractivity contribution in [1.29, 1.82) is 0 Å². The smallest absolute Gasteiger partial charge is 0.410 e. The van der Waals surface area contributed by atoms with Crippen molar-refractivity contribution in [3.8, 4) is 0 Å². The molecule has 5 rings (SSSR count). The van der Waals surface area contributed by atoms with E-state index in [-0.39, 0.29) is 18.1 Å². The van der Waals surface area contributed by atoms with E-state index < -0.39 is 5.60 Å². The first-order valence-corrected chi connectivity index (χ1v) is 10.5. The minimum absolute atomic E-state index is 0.0744. The number of rotatable bonds is 3. The Morgan fingerprint density at radius 1 is 1.21 bits per heavy atom. The number of fused-ring (bicyclic) bond motifs is 2. The van der Waals surface area contributed by atoms with Crippen LogP contribution in [0.2, 0.25) is 0 Å². The van der Waals surface area contributed by atoms with Gasteiger partial charge in [0.1, 0.15) is 5.60 Å². The van der Waals surface area contributed by atoms with Crippen LogP contribution in [0.25, 0.3) is 0 Å². The number of likely N-dealkylation sites (tertiary alicyclic amines) is 1. The van der Waals surface area contributed by atoms with Crippen molar-refractivity contribution in [2.45, 2.75) is 50.8 Å². The standard InChI is InChI=1S/C21H28N4O3/c1-15-2-3-16(12-22-15)13-23-10-11-25-18(14-23)21(28-20(25)27)6-8-24(9-7-21)19(26)17-4-5-17/h2-3,12,17-18H,4-11,13-14H2,1H3. The zero-order chi connectivity index (χ0) is 19.3. The highest BCUT2D eigenvalue weighted by Gasteiger charge is 2.57. The molecule has 4 aliphatic rings. The highest BCUT2D eigenvalue weighted by atomic mass is 16.6. The summed E-state index contributed by atoms with van der Waals surface area (Å²) in [5.74, 6) is 0.554. The summed E-state index contributed by atoms with van der Waals surface area (Å²) in [5, 5.41) is 0. The number of piperidine rings is 1. The molecule has 4 heterocycles. The lowest BCUT2D eigenvalue weighted by Crippen LogP contribution is -2.60. The highest BCUT2D eigenvalue weighted by molar-refractivity contribution is 5.81. The van der Waals surface area contributed by atoms with Crippen LogP contribution in [0, 0.1) is 12.8 Å². The summed E-state index contributed by atoms with van der Waals surface area (Å²) in [5.41, 5.74) is 1.78. The lowest BCUT2D eigenvalue weighted by Gasteiger charge is -2.45. The van der Waals surface area contributed by atoms with E-state index in [1.54, 1.807) is 0 Å². The number of carbonyl (C=O) groups is 2. The predicted molar refractivity (Wildman–Crippen MR) is 102 cm³/mol. The van der Waals surface area contributed by atoms with E-state index in [9.17, 15) is 9.59 Å². The monoisotopic (exact) mass is 384 g/mol. The molecular weight excluding hydrogens is 356 g/mol. The molecule has 3 aliphatic heterocycles. The van der Waals surface area contributed by atoms with Gasteiger partial charge in [-0.05, 0) is 31.4 Å². The summed E-state index contributed by atoms with van der Waals surface area (Å²) in [6, 6.07) is 4.25. The molecule has 1 aliphatic carbocycles. The van der Waals surface area contributed by atoms with Gasteiger partial charge in [0.05, 0.1) is 6.04 Å². The minimum atomic E-state index is -0.443. The van der Waals surface area contributed by atoms with Crippen molar-refractivity contribution in [3.63, 3.8) is 0 Å². The average Bonchev–Trinajstić information content (AvgIpc) is 3.51. The van der Waals surface area contributed by atoms with Gasteiger partial charge in [-0.3, -0.25) is 19.6 Å². The van der Waals surface area contributed by atoms with Crippen LogP contribution < -0.4 is 0 Å². The molecule has 0 aromatic carbocycles. The molecule has 7 nitrogen and oxygen atoms in total. The quantitative estimate of drug-likeness (QED) is 0.795. The summed E-state index contributed by atoms with van der Waals surface area (Å²) in [6.45, 7) is 6.61. The Labute approximate surface area is 165 Å². The molecule has 3 saturated heterocycles. The van der Waals surface area contributed by atoms with E-state index in [0.717, 1.165) is 51.0 Å². The summed E-state index contributed by atoms with van der Waals surface area (Å²) >= 11 is 0. The van der Waals surface area contributed by atoms with Gasteiger partial charge in [-0.1, -0.05) is 6.07 Å². The van der Waals surface area contributed by atoms with Crippen molar-refractivity contribution in [2.75, 3.05) is 32.7 Å². The van der Waals surface area contributed by atoms with Crippen molar-refractivity contribution < 1.29 is 14.3 Å². The largest absolute Gasteiger partial charge is 0.440 e. The van der Waals surface area contributed by atoms with Gasteiger partial charge < -0.3 is 9.64 Å². The van der Waals surface area contributed by atoms with Crippen molar-refractivity contribution in [2.24, 2.45) is 5.92 Å². The third kappa shape index (κ3) is 3.15. The van der Waals surface area contributed by atoms with Gasteiger partial charge >= 0.3 is 6.09 Å². The van der Waals surface area contributed by atoms with Gasteiger partial charge in [-0.15, -0.1) is 0 Å². The molecule has 0 radical (unpaired) electrons. The Bertz CT molecular complexity index is 768. The molecule has 1 aromatic heterocycles. The Morgan fingerprint density at radius 2 is 2.00 bits per heavy atom. The maximum absolute atomic E-state index is 12.5. The van der Waals surface area contributed by atoms with E-state index >= 15 is 0 Å². The summed E-state index contributed by atoms with van der Waals surface area (Å²) < 4.78 is 5.97. The van der Waals surface area contributed by atoms with E-state index in [4.69, 9.17) is 4.74 Å². The average molecular weight is 384 g/mol. The van der Waals surface area contributed by atoms with E-state index in [1.165, 1.54) is 5.56 Å². The van der Waals surface area contributed by atoms with Gasteiger partial charge in [0.25, 0.3) is 0 Å². The predicted octanol–water partition coefficient (Wildman–Crippen LogP) is 1.80. The number of nitrogens with zero attached hydrogens (tertiary/aromatic N) is 4. The number of aryl methyl sites for hydroxylation is 1. The number of piperazine rings is 1. The maximum atomic E-state index is 12.5. The topological polar surface area (TPSA) is 66.0 Å². The number of hydrogen-bond donors (Lipinski definition) is 0. The fourth-order valence-corrected chi connectivity index (χ4v) is 4.93. The Hall–Kier alpha value is -2.15. The molecule has 1 atom stereocenters. The fourth-order valence-electron chi connectivity index (χ4n) is 4.93. The first kappa shape index (κ1) is 17.9. The molecule has 1 unspecified atom stereocenters. The lowest BCUT2D eigenvalue weighted by molar-refractivity contribution is -0.136. The molecule has 0 bridgehead atoms. The normalized spacial score (nSPS) is 27.0. The Morgan fingerprint density at radius 3 is 2.68 bits per heavy atom. The Balaban J connectivity index is 1.27. The third-order valence-corrected chi connectivity index (χ3v) is 6.82. The number of pyridine rings is 1. The van der Waals surface area contributed by atoms with Crippen molar-refractivity contribution in [3.05, 3.63) is 29.6 Å². The molecule has 28 heavy (non-hydrogen) atoms. The SMILES string of the molecule is Cc1ccc(CN2CCN3C(=O)OC4(CCN(C(=O)C5CC5)CC4)C3C2)cn1. The van der Waals surface area contributed by atoms with Crippen LogP contribution in [-0.4, -0.2) is 76.1 Å². The van der Waals surface area contributed by atoms with Crippen LogP contribution in [0.4, 0.5) is 4.79 Å². The number of ether oxygens (including phenoxy) is 1. The first-order chi connectivity index (χ1) is 13.5. The molecule has 2 amide bonds. The fraction of sp³-hybridized carbons (Fsp3) is 0.667. The summed E-state index contributed by atoms with van der Waals surface area (Å²) in [7, 11) is 0. The van der Waals surface area contributed by atoms with E-state index in [0.29, 0.717) is 25.5 Å². The van der Waals surface area contributed by atoms with Crippen molar-refractivity contribution in [1.82, 2.24) is 19.7 Å². The van der Waals surface area contributed by atoms with Gasteiger partial charge in [0.2, 0.25) is 5.91 Å². The van der Waals surface area contributed by atoms with E-state index in [1.807, 2.05) is 29.0 Å². The minimum Gasteiger partial charge on any atom is -0.440 e. The van der Waals surface area contributed by atoms with Crippen molar-refractivity contribution >= 4 is 12.0 Å². The third-order valence-electron chi connectivity index (χ3n) is 6.82. The van der Waals surface area contributed by atoms with E-state index in [2.05, 4.69) is 16.0 Å². The molecule has 1 spiro atoms. The van der Waals surface area contributed by atoms with Crippen LogP contribution in [0.5, 0.6) is 0 Å². The molecule has 7 heteroatoms. The number of aromatic nitrogens is 1. The van der Waals surface area contributed by atoms with Crippen LogP contribution in [-0.2, 0) is 16.1 Å². The highest BCUT2D eigenvalue weighted by Crippen LogP contribution is 2.41. The second kappa shape index (κ2) is 6.72. The molecular formula is C21H28N4O3. The molecule has 1 aromatic rings. The van der Waals surface area contributed by atoms with Crippen LogP contribution in [0.15, 0.2) is 18.3 Å². The maximum Gasteiger partial charge on any atom is 0.410 e. The van der Waals surface area contributed by atoms with Gasteiger partial charge in [0, 0.05) is 69.9 Å². The number of hydrogen-bond acceptors (Lipinski definition) is 5. The van der Waals surface area contributed by atoms with Crippen LogP contribution in [0.3, 0.4) is 0 Å². The Kier molecular flexibility index (Phi) is 4.30. The second-order valence-electron chi connectivity index (χ2n) is 8.78. The molecule has 4 fully saturated rings. The molecule has 1 saturated carbocycles. The first-order valence-electron chi connectivity index (χ1n) is 10.5. The molecule has 150 valence electrons. The zero-order valence-electron chi connectivity index (χ0n) is 16.5.